The first kappa shape index (κ1) is 11.4. The average Bonchev–Trinajstić information content (AvgIpc) is 2.36. The van der Waals surface area contributed by atoms with Gasteiger partial charge in [0.1, 0.15) is 0 Å². The Balaban J connectivity index is 2.01. The second-order valence-corrected chi connectivity index (χ2v) is 4.04. The molecule has 0 atom stereocenters. The zero-order valence-corrected chi connectivity index (χ0v) is 10.0. The first-order valence-electron chi connectivity index (χ1n) is 5.81. The monoisotopic (exact) mass is 220 g/mol. The van der Waals surface area contributed by atoms with E-state index in [1.165, 1.54) is 16.7 Å². The Labute approximate surface area is 103 Å². The Bertz CT molecular complexity index is 519. The van der Waals surface area contributed by atoms with Gasteiger partial charge in [-0.15, -0.1) is 0 Å². The van der Waals surface area contributed by atoms with Gasteiger partial charge in [0.25, 0.3) is 0 Å². The van der Waals surface area contributed by atoms with Crippen molar-refractivity contribution in [1.29, 1.82) is 0 Å². The molecule has 0 bridgehead atoms. The van der Waals surface area contributed by atoms with E-state index in [1.54, 1.807) is 0 Å². The summed E-state index contributed by atoms with van der Waals surface area (Å²) in [6.07, 6.45) is 8.36. The van der Waals surface area contributed by atoms with Crippen LogP contribution in [-0.4, -0.2) is 0 Å². The molecule has 0 aliphatic heterocycles. The van der Waals surface area contributed by atoms with Gasteiger partial charge < -0.3 is 0 Å². The maximum absolute atomic E-state index is 2.17. The van der Waals surface area contributed by atoms with E-state index >= 15 is 0 Å². The fourth-order valence-electron chi connectivity index (χ4n) is 1.67. The molecular weight excluding hydrogens is 204 g/mol. The molecule has 0 heterocycles. The summed E-state index contributed by atoms with van der Waals surface area (Å²) in [4.78, 5) is 0. The van der Waals surface area contributed by atoms with Crippen molar-refractivity contribution >= 4 is 12.2 Å². The van der Waals surface area contributed by atoms with Crippen molar-refractivity contribution < 1.29 is 0 Å². The van der Waals surface area contributed by atoms with Crippen LogP contribution < -0.4 is 0 Å². The molecule has 2 aromatic carbocycles. The first-order valence-corrected chi connectivity index (χ1v) is 5.81. The lowest BCUT2D eigenvalue weighted by atomic mass is 10.1. The average molecular weight is 220 g/mol. The van der Waals surface area contributed by atoms with E-state index in [2.05, 4.69) is 67.6 Å². The Hall–Kier alpha value is -2.08. The van der Waals surface area contributed by atoms with Crippen molar-refractivity contribution in [2.75, 3.05) is 0 Å². The summed E-state index contributed by atoms with van der Waals surface area (Å²) < 4.78 is 0. The molecule has 0 amide bonds. The molecule has 0 N–H and O–H groups in total. The smallest absolute Gasteiger partial charge is 0.0254 e. The van der Waals surface area contributed by atoms with Crippen LogP contribution in [-0.2, 0) is 0 Å². The van der Waals surface area contributed by atoms with E-state index in [0.29, 0.717) is 0 Å². The lowest BCUT2D eigenvalue weighted by Crippen LogP contribution is -1.73. The van der Waals surface area contributed by atoms with Crippen LogP contribution in [0.25, 0.3) is 12.2 Å². The third-order valence-electron chi connectivity index (χ3n) is 2.53. The van der Waals surface area contributed by atoms with E-state index in [0.717, 1.165) is 0 Å². The van der Waals surface area contributed by atoms with Crippen LogP contribution in [0.3, 0.4) is 0 Å². The molecule has 2 aromatic rings. The fourth-order valence-corrected chi connectivity index (χ4v) is 1.67. The van der Waals surface area contributed by atoms with Gasteiger partial charge in [0.05, 0.1) is 0 Å². The Kier molecular flexibility index (Phi) is 3.93. The molecule has 0 aliphatic rings. The van der Waals surface area contributed by atoms with Crippen molar-refractivity contribution in [3.8, 4) is 0 Å². The molecule has 0 radical (unpaired) electrons. The predicted octanol–water partition coefficient (Wildman–Crippen LogP) is 4.72. The molecule has 0 fully saturated rings. The van der Waals surface area contributed by atoms with E-state index < -0.39 is 0 Å². The van der Waals surface area contributed by atoms with Gasteiger partial charge in [0, 0.05) is 0 Å². The SMILES string of the molecule is Cc1cccc(C=C/C=C/c2ccccc2)c1. The minimum absolute atomic E-state index is 1.22. The normalized spacial score (nSPS) is 11.4. The molecule has 0 unspecified atom stereocenters. The Morgan fingerprint density at radius 1 is 0.706 bits per heavy atom. The van der Waals surface area contributed by atoms with Crippen LogP contribution in [0.15, 0.2) is 66.7 Å². The van der Waals surface area contributed by atoms with E-state index in [-0.39, 0.29) is 0 Å². The number of rotatable bonds is 3. The number of hydrogen-bond donors (Lipinski definition) is 0. The predicted molar refractivity (Wildman–Crippen MR) is 75.7 cm³/mol. The fraction of sp³-hybridized carbons (Fsp3) is 0.0588. The molecule has 0 spiro atoms. The maximum Gasteiger partial charge on any atom is -0.0254 e. The van der Waals surface area contributed by atoms with Crippen molar-refractivity contribution in [2.24, 2.45) is 0 Å². The summed E-state index contributed by atoms with van der Waals surface area (Å²) in [5.74, 6) is 0. The van der Waals surface area contributed by atoms with Crippen LogP contribution in [0, 0.1) is 6.92 Å². The van der Waals surface area contributed by atoms with Crippen molar-refractivity contribution in [1.82, 2.24) is 0 Å². The number of hydrogen-bond acceptors (Lipinski definition) is 0. The maximum atomic E-state index is 2.17. The first-order chi connectivity index (χ1) is 8.34. The van der Waals surface area contributed by atoms with Crippen molar-refractivity contribution in [3.05, 3.63) is 83.4 Å². The summed E-state index contributed by atoms with van der Waals surface area (Å²) in [7, 11) is 0. The Morgan fingerprint density at radius 3 is 2.06 bits per heavy atom. The van der Waals surface area contributed by atoms with Gasteiger partial charge in [-0.1, -0.05) is 84.5 Å². The van der Waals surface area contributed by atoms with E-state index in [4.69, 9.17) is 0 Å². The highest BCUT2D eigenvalue weighted by Crippen LogP contribution is 2.06. The molecule has 0 saturated carbocycles. The van der Waals surface area contributed by atoms with Gasteiger partial charge in [-0.05, 0) is 18.1 Å². The van der Waals surface area contributed by atoms with Crippen LogP contribution in [0.5, 0.6) is 0 Å². The molecule has 84 valence electrons. The zero-order valence-electron chi connectivity index (χ0n) is 10.0. The molecule has 0 heteroatoms. The second-order valence-electron chi connectivity index (χ2n) is 4.04. The van der Waals surface area contributed by atoms with Crippen molar-refractivity contribution in [3.63, 3.8) is 0 Å². The van der Waals surface area contributed by atoms with Crippen LogP contribution in [0.4, 0.5) is 0 Å². The van der Waals surface area contributed by atoms with Gasteiger partial charge in [-0.3, -0.25) is 0 Å². The van der Waals surface area contributed by atoms with Crippen molar-refractivity contribution in [2.45, 2.75) is 6.92 Å². The minimum Gasteiger partial charge on any atom is -0.0622 e. The molecule has 0 aromatic heterocycles. The van der Waals surface area contributed by atoms with Gasteiger partial charge in [-0.25, -0.2) is 0 Å². The molecular formula is C17H16. The van der Waals surface area contributed by atoms with Gasteiger partial charge in [0.2, 0.25) is 0 Å². The second kappa shape index (κ2) is 5.86. The number of benzene rings is 2. The van der Waals surface area contributed by atoms with Crippen LogP contribution in [0.2, 0.25) is 0 Å². The Morgan fingerprint density at radius 2 is 1.35 bits per heavy atom. The lowest BCUT2D eigenvalue weighted by Gasteiger charge is -1.94. The summed E-state index contributed by atoms with van der Waals surface area (Å²) in [6, 6.07) is 18.8. The third kappa shape index (κ3) is 3.76. The minimum atomic E-state index is 1.22. The van der Waals surface area contributed by atoms with Crippen LogP contribution in [0.1, 0.15) is 16.7 Å². The highest BCUT2D eigenvalue weighted by atomic mass is 13.9. The van der Waals surface area contributed by atoms with E-state index in [1.807, 2.05) is 18.2 Å². The van der Waals surface area contributed by atoms with Gasteiger partial charge >= 0.3 is 0 Å². The molecule has 17 heavy (non-hydrogen) atoms. The topological polar surface area (TPSA) is 0 Å². The molecule has 0 nitrogen and oxygen atoms in total. The molecule has 0 saturated heterocycles. The standard InChI is InChI=1S/C17H16/c1-15-8-7-13-17(14-15)12-6-5-11-16-9-3-2-4-10-16/h2-14H,1H3/b11-5+,12-6?. The summed E-state index contributed by atoms with van der Waals surface area (Å²) in [5.41, 5.74) is 3.75. The lowest BCUT2D eigenvalue weighted by molar-refractivity contribution is 1.46. The molecule has 0 aliphatic carbocycles. The van der Waals surface area contributed by atoms with E-state index in [9.17, 15) is 0 Å². The molecule has 2 rings (SSSR count). The summed E-state index contributed by atoms with van der Waals surface area (Å²) in [5, 5.41) is 0. The van der Waals surface area contributed by atoms with Gasteiger partial charge in [-0.2, -0.15) is 0 Å². The largest absolute Gasteiger partial charge is 0.0622 e. The van der Waals surface area contributed by atoms with Crippen LogP contribution >= 0.6 is 0 Å². The summed E-state index contributed by atoms with van der Waals surface area (Å²) >= 11 is 0. The third-order valence-corrected chi connectivity index (χ3v) is 2.53. The summed E-state index contributed by atoms with van der Waals surface area (Å²) in [6.45, 7) is 2.11. The number of aryl methyl sites for hydroxylation is 1. The zero-order chi connectivity index (χ0) is 11.9. The quantitative estimate of drug-likeness (QED) is 0.656. The highest BCUT2D eigenvalue weighted by molar-refractivity contribution is 5.57. The highest BCUT2D eigenvalue weighted by Gasteiger charge is 1.85. The number of allylic oxidation sites excluding steroid dienone is 2. The van der Waals surface area contributed by atoms with Gasteiger partial charge in [0.15, 0.2) is 0 Å².